The average molecular weight is 194 g/mol. The van der Waals surface area contributed by atoms with E-state index in [1.54, 1.807) is 0 Å². The number of rotatable bonds is 5. The molecule has 0 bridgehead atoms. The minimum atomic E-state index is -0.877. The number of carbonyl (C=O) groups is 1. The Balaban J connectivity index is 2.36. The first-order chi connectivity index (χ1) is 6.70. The van der Waals surface area contributed by atoms with Crippen molar-refractivity contribution in [2.75, 3.05) is 6.54 Å². The number of nitrogens with one attached hydrogen (secondary N) is 2. The largest absolute Gasteiger partial charge is 0.480 e. The van der Waals surface area contributed by atoms with Crippen molar-refractivity contribution in [1.82, 2.24) is 10.9 Å². The first-order valence-corrected chi connectivity index (χ1v) is 4.45. The van der Waals surface area contributed by atoms with Crippen molar-refractivity contribution in [1.29, 1.82) is 0 Å². The van der Waals surface area contributed by atoms with Crippen LogP contribution in [0.15, 0.2) is 30.3 Å². The van der Waals surface area contributed by atoms with Gasteiger partial charge in [0.1, 0.15) is 6.54 Å². The van der Waals surface area contributed by atoms with Crippen molar-refractivity contribution in [3.8, 4) is 0 Å². The van der Waals surface area contributed by atoms with E-state index in [-0.39, 0.29) is 12.6 Å². The molecule has 1 rings (SSSR count). The summed E-state index contributed by atoms with van der Waals surface area (Å²) in [6.07, 6.45) is 0. The molecule has 3 N–H and O–H groups in total. The van der Waals surface area contributed by atoms with Gasteiger partial charge in [-0.1, -0.05) is 30.3 Å². The maximum absolute atomic E-state index is 10.2. The van der Waals surface area contributed by atoms with Gasteiger partial charge in [0.2, 0.25) is 0 Å². The monoisotopic (exact) mass is 194 g/mol. The summed E-state index contributed by atoms with van der Waals surface area (Å²) in [4.78, 5) is 10.2. The van der Waals surface area contributed by atoms with Gasteiger partial charge >= 0.3 is 5.97 Å². The summed E-state index contributed by atoms with van der Waals surface area (Å²) >= 11 is 0. The molecule has 4 heteroatoms. The third-order valence-electron chi connectivity index (χ3n) is 1.86. The van der Waals surface area contributed by atoms with Gasteiger partial charge in [0.05, 0.1) is 0 Å². The predicted molar refractivity (Wildman–Crippen MR) is 53.6 cm³/mol. The Morgan fingerprint density at radius 2 is 2.07 bits per heavy atom. The zero-order valence-electron chi connectivity index (χ0n) is 8.03. The van der Waals surface area contributed by atoms with Crippen molar-refractivity contribution >= 4 is 5.97 Å². The lowest BCUT2D eigenvalue weighted by Crippen LogP contribution is -2.37. The number of carboxylic acids is 1. The summed E-state index contributed by atoms with van der Waals surface area (Å²) in [6, 6.07) is 9.91. The first kappa shape index (κ1) is 10.7. The third-order valence-corrected chi connectivity index (χ3v) is 1.86. The zero-order valence-corrected chi connectivity index (χ0v) is 8.03. The standard InChI is InChI=1S/C10H14N2O2/c1-8(12-11-7-10(13)14)9-5-3-2-4-6-9/h2-6,8,11-12H,7H2,1H3,(H,13,14). The van der Waals surface area contributed by atoms with Crippen molar-refractivity contribution in [2.24, 2.45) is 0 Å². The van der Waals surface area contributed by atoms with Gasteiger partial charge in [-0.2, -0.15) is 0 Å². The van der Waals surface area contributed by atoms with Crippen LogP contribution in [0.4, 0.5) is 0 Å². The van der Waals surface area contributed by atoms with Crippen LogP contribution in [0.2, 0.25) is 0 Å². The molecule has 0 aliphatic heterocycles. The third kappa shape index (κ3) is 3.55. The highest BCUT2D eigenvalue weighted by molar-refractivity contribution is 5.68. The van der Waals surface area contributed by atoms with Crippen LogP contribution < -0.4 is 10.9 Å². The predicted octanol–water partition coefficient (Wildman–Crippen LogP) is 0.926. The molecule has 0 fully saturated rings. The maximum atomic E-state index is 10.2. The van der Waals surface area contributed by atoms with Gasteiger partial charge in [-0.3, -0.25) is 10.2 Å². The van der Waals surface area contributed by atoms with Gasteiger partial charge in [0, 0.05) is 6.04 Å². The molecule has 1 aromatic carbocycles. The van der Waals surface area contributed by atoms with Crippen LogP contribution in [0.1, 0.15) is 18.5 Å². The molecule has 0 radical (unpaired) electrons. The molecule has 1 unspecified atom stereocenters. The fraction of sp³-hybridized carbons (Fsp3) is 0.300. The van der Waals surface area contributed by atoms with Crippen LogP contribution in [-0.4, -0.2) is 17.6 Å². The topological polar surface area (TPSA) is 61.4 Å². The maximum Gasteiger partial charge on any atom is 0.318 e. The highest BCUT2D eigenvalue weighted by atomic mass is 16.4. The first-order valence-electron chi connectivity index (χ1n) is 4.45. The Kier molecular flexibility index (Phi) is 4.10. The van der Waals surface area contributed by atoms with E-state index in [1.165, 1.54) is 0 Å². The van der Waals surface area contributed by atoms with Crippen LogP contribution in [0.3, 0.4) is 0 Å². The van der Waals surface area contributed by atoms with E-state index >= 15 is 0 Å². The summed E-state index contributed by atoms with van der Waals surface area (Å²) in [5, 5.41) is 8.39. The Labute approximate surface area is 82.9 Å². The fourth-order valence-electron chi connectivity index (χ4n) is 1.10. The van der Waals surface area contributed by atoms with Crippen molar-refractivity contribution < 1.29 is 9.90 Å². The number of aliphatic carboxylic acids is 1. The van der Waals surface area contributed by atoms with E-state index in [0.717, 1.165) is 5.56 Å². The number of hydrazine groups is 1. The van der Waals surface area contributed by atoms with Gasteiger partial charge in [-0.25, -0.2) is 5.43 Å². The van der Waals surface area contributed by atoms with E-state index in [4.69, 9.17) is 5.11 Å². The molecule has 0 heterocycles. The molecule has 0 spiro atoms. The number of benzene rings is 1. The van der Waals surface area contributed by atoms with Crippen molar-refractivity contribution in [3.05, 3.63) is 35.9 Å². The Hall–Kier alpha value is -1.39. The Bertz CT molecular complexity index is 287. The quantitative estimate of drug-likeness (QED) is 0.610. The highest BCUT2D eigenvalue weighted by Crippen LogP contribution is 2.09. The van der Waals surface area contributed by atoms with Gasteiger partial charge in [0.15, 0.2) is 0 Å². The lowest BCUT2D eigenvalue weighted by atomic mass is 10.1. The van der Waals surface area contributed by atoms with E-state index in [2.05, 4.69) is 10.9 Å². The molecular formula is C10H14N2O2. The van der Waals surface area contributed by atoms with E-state index in [0.29, 0.717) is 0 Å². The van der Waals surface area contributed by atoms with Crippen molar-refractivity contribution in [2.45, 2.75) is 13.0 Å². The van der Waals surface area contributed by atoms with Crippen LogP contribution in [0.5, 0.6) is 0 Å². The van der Waals surface area contributed by atoms with Gasteiger partial charge in [-0.05, 0) is 12.5 Å². The lowest BCUT2D eigenvalue weighted by Gasteiger charge is -2.13. The molecule has 76 valence electrons. The molecule has 4 nitrogen and oxygen atoms in total. The summed E-state index contributed by atoms with van der Waals surface area (Å²) in [5.74, 6) is -0.877. The van der Waals surface area contributed by atoms with Crippen LogP contribution in [0, 0.1) is 0 Å². The van der Waals surface area contributed by atoms with Crippen LogP contribution >= 0.6 is 0 Å². The number of hydrogen-bond acceptors (Lipinski definition) is 3. The second-order valence-electron chi connectivity index (χ2n) is 3.02. The molecule has 0 saturated heterocycles. The zero-order chi connectivity index (χ0) is 10.4. The molecule has 1 atom stereocenters. The molecule has 0 aliphatic rings. The minimum absolute atomic E-state index is 0.0861. The van der Waals surface area contributed by atoms with Crippen molar-refractivity contribution in [3.63, 3.8) is 0 Å². The lowest BCUT2D eigenvalue weighted by molar-refractivity contribution is -0.136. The minimum Gasteiger partial charge on any atom is -0.480 e. The van der Waals surface area contributed by atoms with Gasteiger partial charge in [-0.15, -0.1) is 0 Å². The van der Waals surface area contributed by atoms with Crippen LogP contribution in [0.25, 0.3) is 0 Å². The summed E-state index contributed by atoms with van der Waals surface area (Å²) < 4.78 is 0. The van der Waals surface area contributed by atoms with E-state index in [1.807, 2.05) is 37.3 Å². The normalized spacial score (nSPS) is 12.4. The Morgan fingerprint density at radius 3 is 2.64 bits per heavy atom. The number of carboxylic acid groups (broad SMARTS) is 1. The molecule has 14 heavy (non-hydrogen) atoms. The van der Waals surface area contributed by atoms with Gasteiger partial charge in [0.25, 0.3) is 0 Å². The fourth-order valence-corrected chi connectivity index (χ4v) is 1.10. The summed E-state index contributed by atoms with van der Waals surface area (Å²) in [7, 11) is 0. The molecule has 1 aromatic rings. The van der Waals surface area contributed by atoms with Gasteiger partial charge < -0.3 is 5.11 Å². The average Bonchev–Trinajstić information content (AvgIpc) is 2.18. The molecule has 0 amide bonds. The SMILES string of the molecule is CC(NNCC(=O)O)c1ccccc1. The summed E-state index contributed by atoms with van der Waals surface area (Å²) in [5.41, 5.74) is 6.65. The molecule has 0 aromatic heterocycles. The second kappa shape index (κ2) is 5.36. The van der Waals surface area contributed by atoms with E-state index in [9.17, 15) is 4.79 Å². The Morgan fingerprint density at radius 1 is 1.43 bits per heavy atom. The highest BCUT2D eigenvalue weighted by Gasteiger charge is 2.03. The van der Waals surface area contributed by atoms with E-state index < -0.39 is 5.97 Å². The number of hydrogen-bond donors (Lipinski definition) is 3. The smallest absolute Gasteiger partial charge is 0.318 e. The molecule has 0 aliphatic carbocycles. The summed E-state index contributed by atoms with van der Waals surface area (Å²) in [6.45, 7) is 1.88. The molecular weight excluding hydrogens is 180 g/mol. The molecule has 0 saturated carbocycles. The van der Waals surface area contributed by atoms with Crippen LogP contribution in [-0.2, 0) is 4.79 Å². The second-order valence-corrected chi connectivity index (χ2v) is 3.02.